The van der Waals surface area contributed by atoms with Gasteiger partial charge in [-0.1, -0.05) is 24.4 Å². The van der Waals surface area contributed by atoms with Crippen LogP contribution in [0.5, 0.6) is 11.5 Å². The van der Waals surface area contributed by atoms with Gasteiger partial charge in [-0.25, -0.2) is 0 Å². The third-order valence-electron chi connectivity index (χ3n) is 2.80. The van der Waals surface area contributed by atoms with Crippen molar-refractivity contribution in [3.05, 3.63) is 53.9 Å². The van der Waals surface area contributed by atoms with Gasteiger partial charge in [-0.2, -0.15) is 0 Å². The maximum Gasteiger partial charge on any atom is 0.155 e. The van der Waals surface area contributed by atoms with Crippen LogP contribution in [0, 0.1) is 0 Å². The number of methoxy groups -OCH3 is 1. The lowest BCUT2D eigenvalue weighted by Gasteiger charge is -2.10. The van der Waals surface area contributed by atoms with Crippen LogP contribution in [0.2, 0.25) is 0 Å². The number of pyridine rings is 1. The van der Waals surface area contributed by atoms with Gasteiger partial charge >= 0.3 is 0 Å². The monoisotopic (exact) mass is 288 g/mol. The Hall–Kier alpha value is -1.98. The first-order valence-electron chi connectivity index (χ1n) is 6.20. The first-order valence-corrected chi connectivity index (χ1v) is 6.61. The Balaban J connectivity index is 2.12. The second kappa shape index (κ2) is 6.98. The molecule has 104 valence electrons. The number of benzene rings is 1. The largest absolute Gasteiger partial charge is 0.455 e. The van der Waals surface area contributed by atoms with Crippen LogP contribution in [0.1, 0.15) is 11.1 Å². The van der Waals surface area contributed by atoms with E-state index in [-0.39, 0.29) is 0 Å². The molecule has 20 heavy (non-hydrogen) atoms. The van der Waals surface area contributed by atoms with E-state index in [1.807, 2.05) is 24.3 Å². The first kappa shape index (κ1) is 14.4. The van der Waals surface area contributed by atoms with Crippen LogP contribution in [0.25, 0.3) is 0 Å². The molecule has 2 N–H and O–H groups in total. The van der Waals surface area contributed by atoms with Gasteiger partial charge in [0.25, 0.3) is 0 Å². The van der Waals surface area contributed by atoms with Crippen molar-refractivity contribution in [3.8, 4) is 11.5 Å². The lowest BCUT2D eigenvalue weighted by molar-refractivity contribution is 0.202. The summed E-state index contributed by atoms with van der Waals surface area (Å²) in [5.41, 5.74) is 7.53. The van der Waals surface area contributed by atoms with Crippen LogP contribution >= 0.6 is 12.2 Å². The van der Waals surface area contributed by atoms with Gasteiger partial charge in [0.1, 0.15) is 10.7 Å². The summed E-state index contributed by atoms with van der Waals surface area (Å²) in [5.74, 6) is 1.28. The molecule has 0 saturated carbocycles. The molecule has 0 aliphatic carbocycles. The molecular formula is C15H16N2O2S. The van der Waals surface area contributed by atoms with E-state index in [1.165, 1.54) is 5.56 Å². The highest BCUT2D eigenvalue weighted by Gasteiger charge is 2.07. The summed E-state index contributed by atoms with van der Waals surface area (Å²) in [6.45, 7) is 0.703. The Morgan fingerprint density at radius 1 is 1.25 bits per heavy atom. The maximum atomic E-state index is 5.77. The summed E-state index contributed by atoms with van der Waals surface area (Å²) < 4.78 is 10.8. The summed E-state index contributed by atoms with van der Waals surface area (Å²) >= 11 is 4.99. The zero-order chi connectivity index (χ0) is 14.4. The summed E-state index contributed by atoms with van der Waals surface area (Å²) in [6, 6.07) is 9.56. The van der Waals surface area contributed by atoms with Crippen molar-refractivity contribution >= 4 is 17.2 Å². The molecule has 0 fully saturated rings. The van der Waals surface area contributed by atoms with E-state index < -0.39 is 0 Å². The predicted molar refractivity (Wildman–Crippen MR) is 82.2 cm³/mol. The van der Waals surface area contributed by atoms with E-state index in [4.69, 9.17) is 27.4 Å². The fourth-order valence-corrected chi connectivity index (χ4v) is 1.90. The Labute approximate surface area is 123 Å². The second-order valence-electron chi connectivity index (χ2n) is 4.22. The molecule has 0 unspecified atom stereocenters. The van der Waals surface area contributed by atoms with Gasteiger partial charge < -0.3 is 15.2 Å². The van der Waals surface area contributed by atoms with Gasteiger partial charge in [0.15, 0.2) is 5.75 Å². The van der Waals surface area contributed by atoms with Crippen LogP contribution < -0.4 is 10.5 Å². The highest BCUT2D eigenvalue weighted by molar-refractivity contribution is 7.80. The molecule has 1 aromatic carbocycles. The maximum absolute atomic E-state index is 5.77. The minimum Gasteiger partial charge on any atom is -0.455 e. The smallest absolute Gasteiger partial charge is 0.155 e. The van der Waals surface area contributed by atoms with E-state index in [2.05, 4.69) is 4.98 Å². The summed E-state index contributed by atoms with van der Waals surface area (Å²) in [7, 11) is 1.69. The average molecular weight is 288 g/mol. The van der Waals surface area contributed by atoms with Gasteiger partial charge in [0, 0.05) is 13.3 Å². The number of rotatable bonds is 6. The minimum atomic E-state index is 0.291. The fraction of sp³-hybridized carbons (Fsp3) is 0.200. The third kappa shape index (κ3) is 3.76. The number of aromatic nitrogens is 1. The van der Waals surface area contributed by atoms with Gasteiger partial charge in [-0.15, -0.1) is 0 Å². The molecule has 0 amide bonds. The summed E-state index contributed by atoms with van der Waals surface area (Å²) in [5, 5.41) is 0. The number of hydrogen-bond donors (Lipinski definition) is 1. The van der Waals surface area contributed by atoms with E-state index in [9.17, 15) is 0 Å². The van der Waals surface area contributed by atoms with Crippen LogP contribution in [-0.2, 0) is 11.2 Å². The van der Waals surface area contributed by atoms with Crippen molar-refractivity contribution in [3.63, 3.8) is 0 Å². The van der Waals surface area contributed by atoms with E-state index >= 15 is 0 Å². The van der Waals surface area contributed by atoms with E-state index in [0.29, 0.717) is 22.9 Å². The molecule has 1 heterocycles. The number of hydrogen-bond acceptors (Lipinski definition) is 4. The normalized spacial score (nSPS) is 10.2. The molecule has 0 radical (unpaired) electrons. The van der Waals surface area contributed by atoms with Crippen LogP contribution in [0.15, 0.2) is 42.7 Å². The first-order chi connectivity index (χ1) is 9.70. The van der Waals surface area contributed by atoms with E-state index in [0.717, 1.165) is 12.2 Å². The number of ether oxygens (including phenoxy) is 2. The van der Waals surface area contributed by atoms with Crippen molar-refractivity contribution in [1.29, 1.82) is 0 Å². The molecule has 0 saturated heterocycles. The zero-order valence-electron chi connectivity index (χ0n) is 11.2. The number of nitrogens with two attached hydrogens (primary N) is 1. The molecule has 2 rings (SSSR count). The van der Waals surface area contributed by atoms with Crippen LogP contribution in [0.3, 0.4) is 0 Å². The van der Waals surface area contributed by atoms with Gasteiger partial charge in [-0.3, -0.25) is 4.98 Å². The number of nitrogens with zero attached hydrogens (tertiary/aromatic N) is 1. The molecule has 2 aromatic rings. The van der Waals surface area contributed by atoms with Crippen LogP contribution in [-0.4, -0.2) is 23.7 Å². The van der Waals surface area contributed by atoms with Gasteiger partial charge in [0.05, 0.1) is 18.4 Å². The topological polar surface area (TPSA) is 57.4 Å². The molecule has 5 heteroatoms. The summed E-state index contributed by atoms with van der Waals surface area (Å²) in [4.78, 5) is 4.32. The molecular weight excluding hydrogens is 272 g/mol. The molecule has 0 aliphatic heterocycles. The standard InChI is InChI=1S/C15H16N2O2S/c1-18-9-7-11-2-4-12(5-3-11)19-14-10-17-8-6-13(14)15(16)20/h2-6,8,10H,7,9H2,1H3,(H2,16,20). The Bertz CT molecular complexity index is 585. The summed E-state index contributed by atoms with van der Waals surface area (Å²) in [6.07, 6.45) is 4.12. The fourth-order valence-electron chi connectivity index (χ4n) is 1.74. The average Bonchev–Trinajstić information content (AvgIpc) is 2.47. The van der Waals surface area contributed by atoms with Crippen molar-refractivity contribution in [1.82, 2.24) is 4.98 Å². The molecule has 1 aromatic heterocycles. The van der Waals surface area contributed by atoms with Crippen molar-refractivity contribution in [2.24, 2.45) is 5.73 Å². The van der Waals surface area contributed by atoms with Crippen molar-refractivity contribution in [2.45, 2.75) is 6.42 Å². The quantitative estimate of drug-likeness (QED) is 0.828. The Morgan fingerprint density at radius 3 is 2.65 bits per heavy atom. The lowest BCUT2D eigenvalue weighted by atomic mass is 10.1. The van der Waals surface area contributed by atoms with Crippen molar-refractivity contribution in [2.75, 3.05) is 13.7 Å². The Morgan fingerprint density at radius 2 is 2.00 bits per heavy atom. The lowest BCUT2D eigenvalue weighted by Crippen LogP contribution is -2.10. The van der Waals surface area contributed by atoms with Gasteiger partial charge in [-0.05, 0) is 30.2 Å². The zero-order valence-corrected chi connectivity index (χ0v) is 12.0. The highest BCUT2D eigenvalue weighted by Crippen LogP contribution is 2.24. The van der Waals surface area contributed by atoms with Gasteiger partial charge in [0.2, 0.25) is 0 Å². The molecule has 0 bridgehead atoms. The SMILES string of the molecule is COCCc1ccc(Oc2cnccc2C(N)=S)cc1. The minimum absolute atomic E-state index is 0.291. The van der Waals surface area contributed by atoms with Crippen molar-refractivity contribution < 1.29 is 9.47 Å². The second-order valence-corrected chi connectivity index (χ2v) is 4.66. The molecule has 0 aliphatic rings. The highest BCUT2D eigenvalue weighted by atomic mass is 32.1. The number of thiocarbonyl (C=S) groups is 1. The molecule has 0 atom stereocenters. The Kier molecular flexibility index (Phi) is 5.03. The van der Waals surface area contributed by atoms with Crippen LogP contribution in [0.4, 0.5) is 0 Å². The third-order valence-corrected chi connectivity index (χ3v) is 3.02. The molecule has 0 spiro atoms. The predicted octanol–water partition coefficient (Wildman–Crippen LogP) is 2.70. The van der Waals surface area contributed by atoms with E-state index in [1.54, 1.807) is 25.6 Å². The molecule has 4 nitrogen and oxygen atoms in total.